The number of hydrogen-bond donors (Lipinski definition) is 0. The summed E-state index contributed by atoms with van der Waals surface area (Å²) >= 11 is 22.7. The summed E-state index contributed by atoms with van der Waals surface area (Å²) in [6.45, 7) is 0. The summed E-state index contributed by atoms with van der Waals surface area (Å²) in [5.74, 6) is 0. The average Bonchev–Trinajstić information content (AvgIpc) is 2.14. The number of benzene rings is 1. The second kappa shape index (κ2) is 5.29. The summed E-state index contributed by atoms with van der Waals surface area (Å²) in [5.41, 5.74) is 0. The van der Waals surface area contributed by atoms with E-state index in [0.29, 0.717) is 0 Å². The van der Waals surface area contributed by atoms with Crippen LogP contribution < -0.4 is 0 Å². The lowest BCUT2D eigenvalue weighted by Crippen LogP contribution is -2.26. The van der Waals surface area contributed by atoms with Crippen LogP contribution in [-0.2, 0) is 10.0 Å². The molecule has 16 heavy (non-hydrogen) atoms. The molecule has 8 heteroatoms. The van der Waals surface area contributed by atoms with E-state index >= 15 is 0 Å². The van der Waals surface area contributed by atoms with Crippen LogP contribution in [0.2, 0.25) is 15.1 Å². The van der Waals surface area contributed by atoms with E-state index in [2.05, 4.69) is 0 Å². The Morgan fingerprint density at radius 3 is 2.00 bits per heavy atom. The van der Waals surface area contributed by atoms with Gasteiger partial charge in [-0.05, 0) is 12.1 Å². The summed E-state index contributed by atoms with van der Waals surface area (Å²) in [7, 11) is -2.47. The summed E-state index contributed by atoms with van der Waals surface area (Å²) < 4.78 is 24.8. The van der Waals surface area contributed by atoms with Crippen LogP contribution in [0, 0.1) is 0 Å². The highest BCUT2D eigenvalue weighted by Gasteiger charge is 2.26. The van der Waals surface area contributed by atoms with Gasteiger partial charge in [-0.15, -0.1) is 11.6 Å². The Labute approximate surface area is 114 Å². The van der Waals surface area contributed by atoms with Gasteiger partial charge in [0, 0.05) is 12.1 Å². The third-order valence-corrected chi connectivity index (χ3v) is 5.24. The van der Waals surface area contributed by atoms with Gasteiger partial charge in [-0.3, -0.25) is 0 Å². The molecule has 0 radical (unpaired) electrons. The molecule has 1 aromatic rings. The number of halogens is 4. The van der Waals surface area contributed by atoms with Gasteiger partial charge in [-0.25, -0.2) is 8.42 Å². The SMILES string of the molecule is CN(CCl)S(=O)(=O)c1c(Cl)cc(Cl)cc1Cl. The van der Waals surface area contributed by atoms with Crippen molar-refractivity contribution in [2.75, 3.05) is 13.1 Å². The van der Waals surface area contributed by atoms with E-state index in [0.717, 1.165) is 4.31 Å². The Morgan fingerprint density at radius 2 is 1.62 bits per heavy atom. The molecule has 1 aromatic carbocycles. The molecule has 90 valence electrons. The Kier molecular flexibility index (Phi) is 4.75. The Bertz CT molecular complexity index is 480. The molecule has 1 rings (SSSR count). The van der Waals surface area contributed by atoms with Crippen LogP contribution >= 0.6 is 46.4 Å². The van der Waals surface area contributed by atoms with Crippen LogP contribution in [0.3, 0.4) is 0 Å². The Balaban J connectivity index is 3.45. The lowest BCUT2D eigenvalue weighted by molar-refractivity contribution is 0.511. The van der Waals surface area contributed by atoms with Gasteiger partial charge in [0.2, 0.25) is 10.0 Å². The quantitative estimate of drug-likeness (QED) is 0.631. The van der Waals surface area contributed by atoms with Crippen molar-refractivity contribution >= 4 is 56.4 Å². The summed E-state index contributed by atoms with van der Waals surface area (Å²) in [4.78, 5) is -0.191. The van der Waals surface area contributed by atoms with Gasteiger partial charge >= 0.3 is 0 Å². The minimum Gasteiger partial charge on any atom is -0.207 e. The Morgan fingerprint density at radius 1 is 1.19 bits per heavy atom. The smallest absolute Gasteiger partial charge is 0.207 e. The van der Waals surface area contributed by atoms with E-state index in [-0.39, 0.29) is 26.0 Å². The lowest BCUT2D eigenvalue weighted by Gasteiger charge is -2.16. The van der Waals surface area contributed by atoms with E-state index in [4.69, 9.17) is 46.4 Å². The van der Waals surface area contributed by atoms with E-state index in [1.54, 1.807) is 0 Å². The van der Waals surface area contributed by atoms with Crippen LogP contribution in [0.15, 0.2) is 17.0 Å². The molecule has 0 unspecified atom stereocenters. The highest BCUT2D eigenvalue weighted by atomic mass is 35.5. The molecular formula is C8H7Cl4NO2S. The van der Waals surface area contributed by atoms with Crippen molar-refractivity contribution < 1.29 is 8.42 Å². The van der Waals surface area contributed by atoms with E-state index in [1.807, 2.05) is 0 Å². The van der Waals surface area contributed by atoms with Gasteiger partial charge in [0.15, 0.2) is 0 Å². The standard InChI is InChI=1S/C8H7Cl4NO2S/c1-13(4-9)16(14,15)8-6(11)2-5(10)3-7(8)12/h2-3H,4H2,1H3. The van der Waals surface area contributed by atoms with Crippen molar-refractivity contribution in [2.24, 2.45) is 0 Å². The minimum absolute atomic E-state index is 0.0329. The first-order valence-electron chi connectivity index (χ1n) is 3.97. The van der Waals surface area contributed by atoms with E-state index in [9.17, 15) is 8.42 Å². The molecule has 0 fully saturated rings. The highest BCUT2D eigenvalue weighted by molar-refractivity contribution is 7.89. The fraction of sp³-hybridized carbons (Fsp3) is 0.250. The van der Waals surface area contributed by atoms with Gasteiger partial charge < -0.3 is 0 Å². The van der Waals surface area contributed by atoms with Gasteiger partial charge in [0.05, 0.1) is 16.0 Å². The second-order valence-corrected chi connectivity index (χ2v) is 6.39. The predicted molar refractivity (Wildman–Crippen MR) is 67.1 cm³/mol. The first-order chi connectivity index (χ1) is 7.30. The summed E-state index contributed by atoms with van der Waals surface area (Å²) in [6, 6.07) is 2.42. The van der Waals surface area contributed by atoms with Gasteiger partial charge in [-0.1, -0.05) is 34.8 Å². The van der Waals surface area contributed by atoms with Crippen LogP contribution in [0.5, 0.6) is 0 Å². The molecule has 0 N–H and O–H groups in total. The average molecular weight is 323 g/mol. The van der Waals surface area contributed by atoms with Crippen LogP contribution in [0.1, 0.15) is 0 Å². The molecule has 0 aliphatic carbocycles. The Hall–Kier alpha value is 0.290. The molecular weight excluding hydrogens is 316 g/mol. The largest absolute Gasteiger partial charge is 0.246 e. The van der Waals surface area contributed by atoms with Crippen LogP contribution in [-0.4, -0.2) is 25.8 Å². The maximum Gasteiger partial charge on any atom is 0.246 e. The highest BCUT2D eigenvalue weighted by Crippen LogP contribution is 2.34. The fourth-order valence-corrected chi connectivity index (χ4v) is 3.83. The second-order valence-electron chi connectivity index (χ2n) is 2.92. The summed E-state index contributed by atoms with van der Waals surface area (Å²) in [6.07, 6.45) is 0. The zero-order valence-electron chi connectivity index (χ0n) is 8.05. The van der Waals surface area contributed by atoms with Crippen molar-refractivity contribution in [3.05, 3.63) is 27.2 Å². The molecule has 0 atom stereocenters. The number of hydrogen-bond acceptors (Lipinski definition) is 2. The summed E-state index contributed by atoms with van der Waals surface area (Å²) in [5, 5.41) is 0.200. The molecule has 0 aromatic heterocycles. The zero-order valence-corrected chi connectivity index (χ0v) is 11.9. The van der Waals surface area contributed by atoms with Crippen molar-refractivity contribution in [1.82, 2.24) is 4.31 Å². The maximum absolute atomic E-state index is 11.9. The molecule has 3 nitrogen and oxygen atoms in total. The van der Waals surface area contributed by atoms with Crippen molar-refractivity contribution in [2.45, 2.75) is 4.90 Å². The normalized spacial score (nSPS) is 12.1. The number of alkyl halides is 1. The van der Waals surface area contributed by atoms with Crippen molar-refractivity contribution in [3.8, 4) is 0 Å². The maximum atomic E-state index is 11.9. The third kappa shape index (κ3) is 2.75. The number of rotatable bonds is 3. The van der Waals surface area contributed by atoms with Gasteiger partial charge in [0.1, 0.15) is 4.90 Å². The molecule has 0 saturated heterocycles. The molecule has 0 aliphatic rings. The fourth-order valence-electron chi connectivity index (χ4n) is 0.995. The first kappa shape index (κ1) is 14.4. The van der Waals surface area contributed by atoms with Crippen LogP contribution in [0.4, 0.5) is 0 Å². The van der Waals surface area contributed by atoms with Crippen molar-refractivity contribution in [3.63, 3.8) is 0 Å². The van der Waals surface area contributed by atoms with Crippen LogP contribution in [0.25, 0.3) is 0 Å². The first-order valence-corrected chi connectivity index (χ1v) is 7.08. The topological polar surface area (TPSA) is 37.4 Å². The molecule has 0 aliphatic heterocycles. The number of sulfonamides is 1. The number of nitrogens with zero attached hydrogens (tertiary/aromatic N) is 1. The molecule has 0 amide bonds. The molecule has 0 spiro atoms. The minimum atomic E-state index is -3.79. The van der Waals surface area contributed by atoms with Gasteiger partial charge in [0.25, 0.3) is 0 Å². The molecule has 0 bridgehead atoms. The van der Waals surface area contributed by atoms with Crippen molar-refractivity contribution in [1.29, 1.82) is 0 Å². The van der Waals surface area contributed by atoms with Gasteiger partial charge in [-0.2, -0.15) is 4.31 Å². The zero-order chi connectivity index (χ0) is 12.5. The van der Waals surface area contributed by atoms with E-state index < -0.39 is 10.0 Å². The molecule has 0 heterocycles. The third-order valence-electron chi connectivity index (χ3n) is 1.80. The van der Waals surface area contributed by atoms with E-state index in [1.165, 1.54) is 19.2 Å². The monoisotopic (exact) mass is 321 g/mol. The molecule has 0 saturated carbocycles. The lowest BCUT2D eigenvalue weighted by atomic mass is 10.4. The predicted octanol–water partition coefficient (Wildman–Crippen LogP) is 3.46.